The number of hydrogen-bond donors (Lipinski definition) is 1. The van der Waals surface area contributed by atoms with Gasteiger partial charge in [-0.05, 0) is 24.6 Å². The van der Waals surface area contributed by atoms with Crippen LogP contribution in [0.25, 0.3) is 0 Å². The lowest BCUT2D eigenvalue weighted by Gasteiger charge is -2.29. The topological polar surface area (TPSA) is 30.5 Å². The van der Waals surface area contributed by atoms with Gasteiger partial charge < -0.3 is 14.8 Å². The maximum atomic E-state index is 13.5. The molecule has 2 unspecified atom stereocenters. The third-order valence-corrected chi connectivity index (χ3v) is 2.71. The van der Waals surface area contributed by atoms with Gasteiger partial charge in [0, 0.05) is 13.1 Å². The highest BCUT2D eigenvalue weighted by molar-refractivity contribution is 5.30. The lowest BCUT2D eigenvalue weighted by Crippen LogP contribution is -2.38. The van der Waals surface area contributed by atoms with Gasteiger partial charge >= 0.3 is 0 Å². The number of rotatable bonds is 2. The molecular weight excluding hydrogens is 209 g/mol. The first kappa shape index (κ1) is 11.4. The number of benzene rings is 1. The van der Waals surface area contributed by atoms with Crippen LogP contribution in [-0.4, -0.2) is 26.3 Å². The molecule has 2 atom stereocenters. The lowest BCUT2D eigenvalue weighted by molar-refractivity contribution is -0.0288. The van der Waals surface area contributed by atoms with Gasteiger partial charge in [0.15, 0.2) is 11.6 Å². The van der Waals surface area contributed by atoms with Gasteiger partial charge in [-0.1, -0.05) is 6.07 Å². The van der Waals surface area contributed by atoms with Crippen LogP contribution in [0.3, 0.4) is 0 Å². The summed E-state index contributed by atoms with van der Waals surface area (Å²) in [5.74, 6) is -0.0811. The third-order valence-electron chi connectivity index (χ3n) is 2.71. The molecule has 2 rings (SSSR count). The predicted octanol–water partition coefficient (Wildman–Crippen LogP) is 1.88. The molecule has 16 heavy (non-hydrogen) atoms. The summed E-state index contributed by atoms with van der Waals surface area (Å²) in [5, 5.41) is 3.25. The summed E-state index contributed by atoms with van der Waals surface area (Å²) >= 11 is 0. The van der Waals surface area contributed by atoms with Crippen molar-refractivity contribution in [3.05, 3.63) is 29.6 Å². The average Bonchev–Trinajstić information content (AvgIpc) is 2.29. The summed E-state index contributed by atoms with van der Waals surface area (Å²) < 4.78 is 24.1. The second-order valence-corrected chi connectivity index (χ2v) is 3.99. The van der Waals surface area contributed by atoms with Crippen LogP contribution in [0.4, 0.5) is 4.39 Å². The summed E-state index contributed by atoms with van der Waals surface area (Å²) in [6.45, 7) is 3.56. The summed E-state index contributed by atoms with van der Waals surface area (Å²) in [4.78, 5) is 0. The molecule has 0 bridgehead atoms. The molecule has 1 N–H and O–H groups in total. The highest BCUT2D eigenvalue weighted by Gasteiger charge is 2.21. The van der Waals surface area contributed by atoms with Gasteiger partial charge in [0.2, 0.25) is 0 Å². The minimum atomic E-state index is -0.346. The van der Waals surface area contributed by atoms with E-state index in [-0.39, 0.29) is 23.8 Å². The fraction of sp³-hybridized carbons (Fsp3) is 0.500. The molecule has 0 aliphatic carbocycles. The SMILES string of the molecule is COc1ccc(C2CNCC(C)O2)cc1F. The van der Waals surface area contributed by atoms with Gasteiger partial charge in [-0.3, -0.25) is 0 Å². The van der Waals surface area contributed by atoms with Gasteiger partial charge in [0.25, 0.3) is 0 Å². The highest BCUT2D eigenvalue weighted by Crippen LogP contribution is 2.25. The van der Waals surface area contributed by atoms with E-state index in [9.17, 15) is 4.39 Å². The quantitative estimate of drug-likeness (QED) is 0.833. The van der Waals surface area contributed by atoms with E-state index in [0.29, 0.717) is 0 Å². The molecule has 1 aliphatic heterocycles. The Morgan fingerprint density at radius 3 is 2.88 bits per heavy atom. The van der Waals surface area contributed by atoms with Gasteiger partial charge in [-0.25, -0.2) is 4.39 Å². The van der Waals surface area contributed by atoms with Gasteiger partial charge in [-0.15, -0.1) is 0 Å². The summed E-state index contributed by atoms with van der Waals surface area (Å²) in [5.41, 5.74) is 0.845. The molecule has 1 fully saturated rings. The van der Waals surface area contributed by atoms with Crippen LogP contribution in [0.5, 0.6) is 5.75 Å². The van der Waals surface area contributed by atoms with E-state index in [4.69, 9.17) is 9.47 Å². The van der Waals surface area contributed by atoms with Crippen molar-refractivity contribution in [2.75, 3.05) is 20.2 Å². The molecular formula is C12H16FNO2. The van der Waals surface area contributed by atoms with Crippen molar-refractivity contribution in [3.8, 4) is 5.75 Å². The van der Waals surface area contributed by atoms with Crippen LogP contribution in [-0.2, 0) is 4.74 Å². The Bertz CT molecular complexity index is 370. The maximum absolute atomic E-state index is 13.5. The van der Waals surface area contributed by atoms with Crippen LogP contribution in [0, 0.1) is 5.82 Å². The van der Waals surface area contributed by atoms with E-state index in [0.717, 1.165) is 18.7 Å². The molecule has 1 aromatic carbocycles. The van der Waals surface area contributed by atoms with Crippen molar-refractivity contribution >= 4 is 0 Å². The van der Waals surface area contributed by atoms with Crippen molar-refractivity contribution in [1.29, 1.82) is 0 Å². The Morgan fingerprint density at radius 2 is 2.25 bits per heavy atom. The Labute approximate surface area is 94.6 Å². The normalized spacial score (nSPS) is 25.4. The van der Waals surface area contributed by atoms with E-state index in [2.05, 4.69) is 5.32 Å². The summed E-state index contributed by atoms with van der Waals surface area (Å²) in [7, 11) is 1.46. The smallest absolute Gasteiger partial charge is 0.165 e. The molecule has 0 spiro atoms. The minimum Gasteiger partial charge on any atom is -0.494 e. The first-order valence-corrected chi connectivity index (χ1v) is 5.40. The fourth-order valence-electron chi connectivity index (χ4n) is 1.87. The first-order chi connectivity index (χ1) is 7.70. The zero-order chi connectivity index (χ0) is 11.5. The van der Waals surface area contributed by atoms with Crippen LogP contribution in [0.1, 0.15) is 18.6 Å². The zero-order valence-electron chi connectivity index (χ0n) is 9.50. The molecule has 0 radical (unpaired) electrons. The Hall–Kier alpha value is -1.13. The number of morpholine rings is 1. The minimum absolute atomic E-state index is 0.0795. The number of nitrogens with one attached hydrogen (secondary N) is 1. The molecule has 88 valence electrons. The molecule has 1 aliphatic rings. The van der Waals surface area contributed by atoms with Crippen LogP contribution >= 0.6 is 0 Å². The molecule has 0 saturated carbocycles. The number of methoxy groups -OCH3 is 1. The Balaban J connectivity index is 2.17. The van der Waals surface area contributed by atoms with Crippen molar-refractivity contribution in [3.63, 3.8) is 0 Å². The van der Waals surface area contributed by atoms with Gasteiger partial charge in [0.1, 0.15) is 0 Å². The van der Waals surface area contributed by atoms with E-state index in [1.165, 1.54) is 13.2 Å². The van der Waals surface area contributed by atoms with E-state index >= 15 is 0 Å². The molecule has 1 saturated heterocycles. The molecule has 4 heteroatoms. The molecule has 1 aromatic rings. The largest absolute Gasteiger partial charge is 0.494 e. The zero-order valence-corrected chi connectivity index (χ0v) is 9.50. The van der Waals surface area contributed by atoms with Gasteiger partial charge in [0.05, 0.1) is 19.3 Å². The predicted molar refractivity (Wildman–Crippen MR) is 59.1 cm³/mol. The second-order valence-electron chi connectivity index (χ2n) is 3.99. The fourth-order valence-corrected chi connectivity index (χ4v) is 1.87. The highest BCUT2D eigenvalue weighted by atomic mass is 19.1. The van der Waals surface area contributed by atoms with E-state index in [1.54, 1.807) is 6.07 Å². The molecule has 1 heterocycles. The number of halogens is 1. The monoisotopic (exact) mass is 225 g/mol. The third kappa shape index (κ3) is 2.33. The number of hydrogen-bond acceptors (Lipinski definition) is 3. The van der Waals surface area contributed by atoms with E-state index < -0.39 is 0 Å². The van der Waals surface area contributed by atoms with Crippen LogP contribution in [0.15, 0.2) is 18.2 Å². The maximum Gasteiger partial charge on any atom is 0.165 e. The Morgan fingerprint density at radius 1 is 1.44 bits per heavy atom. The lowest BCUT2D eigenvalue weighted by atomic mass is 10.1. The molecule has 3 nitrogen and oxygen atoms in total. The second kappa shape index (κ2) is 4.80. The van der Waals surface area contributed by atoms with Crippen molar-refractivity contribution < 1.29 is 13.9 Å². The van der Waals surface area contributed by atoms with Crippen LogP contribution < -0.4 is 10.1 Å². The van der Waals surface area contributed by atoms with Crippen LogP contribution in [0.2, 0.25) is 0 Å². The van der Waals surface area contributed by atoms with Gasteiger partial charge in [-0.2, -0.15) is 0 Å². The van der Waals surface area contributed by atoms with Crippen molar-refractivity contribution in [2.24, 2.45) is 0 Å². The molecule has 0 aromatic heterocycles. The summed E-state index contributed by atoms with van der Waals surface area (Å²) in [6, 6.07) is 4.95. The van der Waals surface area contributed by atoms with Crippen molar-refractivity contribution in [1.82, 2.24) is 5.32 Å². The standard InChI is InChI=1S/C12H16FNO2/c1-8-6-14-7-12(16-8)9-3-4-11(15-2)10(13)5-9/h3-5,8,12,14H,6-7H2,1-2H3. The van der Waals surface area contributed by atoms with E-state index in [1.807, 2.05) is 13.0 Å². The molecule has 0 amide bonds. The average molecular weight is 225 g/mol. The van der Waals surface area contributed by atoms with Crippen molar-refractivity contribution in [2.45, 2.75) is 19.1 Å². The Kier molecular flexibility index (Phi) is 3.41. The summed E-state index contributed by atoms with van der Waals surface area (Å²) in [6.07, 6.45) is 0.0769. The number of ether oxygens (including phenoxy) is 2. The first-order valence-electron chi connectivity index (χ1n) is 5.40.